The van der Waals surface area contributed by atoms with E-state index in [0.717, 1.165) is 43.8 Å². The molecule has 21 heavy (non-hydrogen) atoms. The Morgan fingerprint density at radius 1 is 1.33 bits per heavy atom. The van der Waals surface area contributed by atoms with E-state index >= 15 is 0 Å². The van der Waals surface area contributed by atoms with Gasteiger partial charge in [0.05, 0.1) is 28.1 Å². The van der Waals surface area contributed by atoms with Gasteiger partial charge in [0, 0.05) is 19.0 Å². The second-order valence-electron chi connectivity index (χ2n) is 5.05. The average molecular weight is 330 g/mol. The molecule has 0 bridgehead atoms. The first-order chi connectivity index (χ1) is 10.0. The highest BCUT2D eigenvalue weighted by atomic mass is 35.5. The molecule has 0 spiro atoms. The maximum atomic E-state index is 6.33. The highest BCUT2D eigenvalue weighted by Crippen LogP contribution is 2.31. The third kappa shape index (κ3) is 5.12. The van der Waals surface area contributed by atoms with Crippen molar-refractivity contribution >= 4 is 23.2 Å². The second-order valence-corrected chi connectivity index (χ2v) is 5.87. The quantitative estimate of drug-likeness (QED) is 0.476. The molecule has 1 unspecified atom stereocenters. The molecule has 1 saturated heterocycles. The maximum Gasteiger partial charge on any atom is 0.0919 e. The van der Waals surface area contributed by atoms with Crippen LogP contribution in [0.15, 0.2) is 46.8 Å². The fourth-order valence-corrected chi connectivity index (χ4v) is 3.09. The maximum absolute atomic E-state index is 6.33. The lowest BCUT2D eigenvalue weighted by Crippen LogP contribution is -2.25. The number of rotatable bonds is 6. The van der Waals surface area contributed by atoms with Crippen molar-refractivity contribution in [3.8, 4) is 0 Å². The van der Waals surface area contributed by atoms with Gasteiger partial charge in [0.25, 0.3) is 0 Å². The van der Waals surface area contributed by atoms with Crippen LogP contribution in [0.2, 0.25) is 0 Å². The van der Waals surface area contributed by atoms with Crippen molar-refractivity contribution in [1.29, 1.82) is 0 Å². The zero-order valence-corrected chi connectivity index (χ0v) is 14.5. The monoisotopic (exact) mass is 329 g/mol. The number of hydrogen-bond donors (Lipinski definition) is 0. The number of nitrogens with zero attached hydrogens (tertiary/aromatic N) is 1. The summed E-state index contributed by atoms with van der Waals surface area (Å²) in [6.45, 7) is 14.2. The Hall–Kier alpha value is -0.860. The third-order valence-corrected chi connectivity index (χ3v) is 4.45. The molecule has 1 aliphatic rings. The van der Waals surface area contributed by atoms with Gasteiger partial charge in [-0.3, -0.25) is 0 Å². The van der Waals surface area contributed by atoms with E-state index in [1.165, 1.54) is 0 Å². The zero-order chi connectivity index (χ0) is 15.8. The molecule has 2 nitrogen and oxygen atoms in total. The van der Waals surface area contributed by atoms with E-state index in [2.05, 4.69) is 18.1 Å². The standard InChI is InChI=1S/C17H25Cl2NO/c1-5-15(18)17(16(19)6-2)20-11-8-9-14(10-12-20)13(4)21-7-3/h5-6,14H,1,4,7-12H2,2-3H3/b16-6+,17-15-. The highest BCUT2D eigenvalue weighted by Gasteiger charge is 2.23. The first kappa shape index (κ1) is 18.2. The molecule has 0 aromatic rings. The van der Waals surface area contributed by atoms with Crippen LogP contribution in [0.3, 0.4) is 0 Å². The number of likely N-dealkylation sites (tertiary alicyclic amines) is 1. The van der Waals surface area contributed by atoms with E-state index in [1.807, 2.05) is 19.9 Å². The van der Waals surface area contributed by atoms with Gasteiger partial charge in [-0.05, 0) is 39.2 Å². The molecule has 0 saturated carbocycles. The van der Waals surface area contributed by atoms with Gasteiger partial charge in [0.2, 0.25) is 0 Å². The molecule has 4 heteroatoms. The molecule has 1 aliphatic heterocycles. The largest absolute Gasteiger partial charge is 0.499 e. The first-order valence-corrected chi connectivity index (χ1v) is 8.21. The first-order valence-electron chi connectivity index (χ1n) is 7.46. The molecule has 0 amide bonds. The van der Waals surface area contributed by atoms with E-state index in [-0.39, 0.29) is 0 Å². The number of hydrogen-bond acceptors (Lipinski definition) is 2. The summed E-state index contributed by atoms with van der Waals surface area (Å²) in [4.78, 5) is 2.24. The molecule has 1 rings (SSSR count). The van der Waals surface area contributed by atoms with Crippen LogP contribution in [-0.2, 0) is 4.74 Å². The molecular formula is C17H25Cl2NO. The van der Waals surface area contributed by atoms with Crippen LogP contribution in [-0.4, -0.2) is 24.6 Å². The summed E-state index contributed by atoms with van der Waals surface area (Å²) >= 11 is 12.6. The van der Waals surface area contributed by atoms with Gasteiger partial charge >= 0.3 is 0 Å². The minimum absolute atomic E-state index is 0.406. The van der Waals surface area contributed by atoms with E-state index in [9.17, 15) is 0 Å². The smallest absolute Gasteiger partial charge is 0.0919 e. The normalized spacial score (nSPS) is 21.4. The van der Waals surface area contributed by atoms with Crippen molar-refractivity contribution in [2.24, 2.45) is 5.92 Å². The minimum Gasteiger partial charge on any atom is -0.499 e. The Labute approximate surface area is 138 Å². The predicted octanol–water partition coefficient (Wildman–Crippen LogP) is 5.42. The Morgan fingerprint density at radius 3 is 2.62 bits per heavy atom. The van der Waals surface area contributed by atoms with Crippen molar-refractivity contribution in [3.05, 3.63) is 46.8 Å². The van der Waals surface area contributed by atoms with Crippen LogP contribution >= 0.6 is 23.2 Å². The SMILES string of the molecule is C=C/C(Cl)=C(\C(Cl)=C/C)N1CCCC(C(=C)OCC)CC1. The molecule has 0 aliphatic carbocycles. The highest BCUT2D eigenvalue weighted by molar-refractivity contribution is 6.36. The van der Waals surface area contributed by atoms with Crippen LogP contribution < -0.4 is 0 Å². The van der Waals surface area contributed by atoms with Crippen molar-refractivity contribution in [2.45, 2.75) is 33.1 Å². The molecule has 1 fully saturated rings. The summed E-state index contributed by atoms with van der Waals surface area (Å²) in [5, 5.41) is 1.27. The van der Waals surface area contributed by atoms with Crippen molar-refractivity contribution in [2.75, 3.05) is 19.7 Å². The van der Waals surface area contributed by atoms with Gasteiger partial charge in [-0.15, -0.1) is 0 Å². The predicted molar refractivity (Wildman–Crippen MR) is 92.4 cm³/mol. The zero-order valence-electron chi connectivity index (χ0n) is 13.0. The Morgan fingerprint density at radius 2 is 2.05 bits per heavy atom. The van der Waals surface area contributed by atoms with E-state index in [1.54, 1.807) is 6.08 Å². The average Bonchev–Trinajstić information content (AvgIpc) is 2.73. The molecule has 0 aromatic heterocycles. The van der Waals surface area contributed by atoms with Gasteiger partial charge in [0.1, 0.15) is 0 Å². The van der Waals surface area contributed by atoms with E-state index < -0.39 is 0 Å². The summed E-state index contributed by atoms with van der Waals surface area (Å²) in [7, 11) is 0. The second kappa shape index (κ2) is 9.22. The minimum atomic E-state index is 0.406. The van der Waals surface area contributed by atoms with Crippen molar-refractivity contribution in [3.63, 3.8) is 0 Å². The van der Waals surface area contributed by atoms with Crippen LogP contribution in [0.1, 0.15) is 33.1 Å². The van der Waals surface area contributed by atoms with Crippen LogP contribution in [0.4, 0.5) is 0 Å². The van der Waals surface area contributed by atoms with Crippen LogP contribution in [0, 0.1) is 5.92 Å². The van der Waals surface area contributed by atoms with Gasteiger partial charge in [0.15, 0.2) is 0 Å². The summed E-state index contributed by atoms with van der Waals surface area (Å²) in [6, 6.07) is 0. The number of halogens is 2. The van der Waals surface area contributed by atoms with Gasteiger partial charge in [-0.1, -0.05) is 42.4 Å². The van der Waals surface area contributed by atoms with Gasteiger partial charge < -0.3 is 9.64 Å². The topological polar surface area (TPSA) is 12.5 Å². The van der Waals surface area contributed by atoms with Crippen LogP contribution in [0.5, 0.6) is 0 Å². The molecule has 1 heterocycles. The van der Waals surface area contributed by atoms with Gasteiger partial charge in [-0.2, -0.15) is 0 Å². The lowest BCUT2D eigenvalue weighted by Gasteiger charge is -2.26. The fourth-order valence-electron chi connectivity index (χ4n) is 2.59. The molecule has 118 valence electrons. The Bertz CT molecular complexity index is 440. The number of ether oxygens (including phenoxy) is 1. The van der Waals surface area contributed by atoms with Crippen molar-refractivity contribution in [1.82, 2.24) is 4.90 Å². The lowest BCUT2D eigenvalue weighted by atomic mass is 9.99. The fraction of sp³-hybridized carbons (Fsp3) is 0.529. The Balaban J connectivity index is 2.86. The van der Waals surface area contributed by atoms with E-state index in [0.29, 0.717) is 22.6 Å². The summed E-state index contributed by atoms with van der Waals surface area (Å²) < 4.78 is 5.57. The Kier molecular flexibility index (Phi) is 7.98. The molecule has 0 aromatic carbocycles. The lowest BCUT2D eigenvalue weighted by molar-refractivity contribution is 0.185. The van der Waals surface area contributed by atoms with E-state index in [4.69, 9.17) is 27.9 Å². The van der Waals surface area contributed by atoms with Gasteiger partial charge in [-0.25, -0.2) is 0 Å². The molecule has 0 radical (unpaired) electrons. The van der Waals surface area contributed by atoms with Crippen LogP contribution in [0.25, 0.3) is 0 Å². The number of allylic oxidation sites excluding steroid dienone is 5. The molecule has 0 N–H and O–H groups in total. The summed E-state index contributed by atoms with van der Waals surface area (Å²) in [5.41, 5.74) is 0.874. The molecule has 1 atom stereocenters. The third-order valence-electron chi connectivity index (χ3n) is 3.71. The summed E-state index contributed by atoms with van der Waals surface area (Å²) in [5.74, 6) is 1.31. The molecular weight excluding hydrogens is 305 g/mol. The van der Waals surface area contributed by atoms with Crippen molar-refractivity contribution < 1.29 is 4.74 Å². The summed E-state index contributed by atoms with van der Waals surface area (Å²) in [6.07, 6.45) is 6.66.